The second kappa shape index (κ2) is 9.77. The van der Waals surface area contributed by atoms with E-state index in [0.717, 1.165) is 18.8 Å². The lowest BCUT2D eigenvalue weighted by atomic mass is 9.92. The summed E-state index contributed by atoms with van der Waals surface area (Å²) < 4.78 is 0. The summed E-state index contributed by atoms with van der Waals surface area (Å²) in [6, 6.07) is 13.3. The Hall–Kier alpha value is -1.81. The molecule has 0 saturated carbocycles. The Balaban J connectivity index is 1.26. The smallest absolute Gasteiger partial charge is 0.252 e. The van der Waals surface area contributed by atoms with Gasteiger partial charge in [0.25, 0.3) is 5.91 Å². The van der Waals surface area contributed by atoms with Crippen molar-refractivity contribution in [3.63, 3.8) is 0 Å². The monoisotopic (exact) mass is 462 g/mol. The molecular weight excluding hydrogens is 436 g/mol. The van der Waals surface area contributed by atoms with E-state index >= 15 is 0 Å². The molecule has 2 aliphatic heterocycles. The molecule has 7 nitrogen and oxygen atoms in total. The van der Waals surface area contributed by atoms with Gasteiger partial charge in [0.2, 0.25) is 0 Å². The Morgan fingerprint density at radius 1 is 1.29 bits per heavy atom. The van der Waals surface area contributed by atoms with Crippen molar-refractivity contribution < 1.29 is 14.7 Å². The van der Waals surface area contributed by atoms with Gasteiger partial charge in [0, 0.05) is 54.8 Å². The number of nitrogens with one attached hydrogen (secondary N) is 3. The third-order valence-corrected chi connectivity index (χ3v) is 6.42. The largest absolute Gasteiger partial charge is 0.389 e. The van der Waals surface area contributed by atoms with Gasteiger partial charge in [0.05, 0.1) is 23.8 Å². The molecule has 2 fully saturated rings. The van der Waals surface area contributed by atoms with Crippen LogP contribution in [0.15, 0.2) is 47.4 Å². The van der Waals surface area contributed by atoms with E-state index in [2.05, 4.69) is 40.7 Å². The molecule has 166 valence electrons. The van der Waals surface area contributed by atoms with Crippen molar-refractivity contribution in [2.24, 2.45) is 5.92 Å². The van der Waals surface area contributed by atoms with Crippen LogP contribution in [-0.2, 0) is 4.84 Å². The van der Waals surface area contributed by atoms with Crippen LogP contribution in [0.2, 0.25) is 5.02 Å². The number of halogens is 1. The number of amides is 1. The molecular formula is C22H27ClN4O3S. The van der Waals surface area contributed by atoms with Gasteiger partial charge in [0.15, 0.2) is 0 Å². The second-order valence-electron chi connectivity index (χ2n) is 7.99. The van der Waals surface area contributed by atoms with Crippen LogP contribution in [0.4, 0.5) is 5.69 Å². The highest BCUT2D eigenvalue weighted by Gasteiger charge is 2.44. The first-order valence-corrected chi connectivity index (χ1v) is 11.1. The Labute approximate surface area is 192 Å². The molecule has 1 amide bonds. The highest BCUT2D eigenvalue weighted by atomic mass is 35.5. The van der Waals surface area contributed by atoms with Gasteiger partial charge in [-0.15, -0.1) is 12.6 Å². The van der Waals surface area contributed by atoms with Crippen LogP contribution in [0, 0.1) is 5.92 Å². The number of anilines is 1. The number of hydrogen-bond acceptors (Lipinski definition) is 7. The molecule has 4 unspecified atom stereocenters. The number of benzene rings is 2. The first-order chi connectivity index (χ1) is 14.9. The summed E-state index contributed by atoms with van der Waals surface area (Å²) in [5.41, 5.74) is 2.50. The van der Waals surface area contributed by atoms with E-state index in [-0.39, 0.29) is 24.6 Å². The van der Waals surface area contributed by atoms with Crippen LogP contribution in [0.25, 0.3) is 0 Å². The standard InChI is InChI=1S/C22H27ClN4O3S/c1-27-21(18-11-24-12-19(18)30-27)13-2-5-15(6-3-13)25-9-16(28)10-26-22(29)17-8-14(23)4-7-20(17)31/h2-8,16,18-19,21,24-25,28,31H,9-12H2,1H3,(H,26,29). The van der Waals surface area contributed by atoms with Crippen LogP contribution in [0.5, 0.6) is 0 Å². The molecule has 9 heteroatoms. The fraction of sp³-hybridized carbons (Fsp3) is 0.409. The predicted octanol–water partition coefficient (Wildman–Crippen LogP) is 2.34. The molecule has 0 aromatic heterocycles. The van der Waals surface area contributed by atoms with Gasteiger partial charge in [-0.2, -0.15) is 5.06 Å². The number of aliphatic hydroxyl groups excluding tert-OH is 1. The number of hydrogen-bond donors (Lipinski definition) is 5. The molecule has 2 heterocycles. The number of fused-ring (bicyclic) bond motifs is 1. The average molecular weight is 463 g/mol. The van der Waals surface area contributed by atoms with Crippen LogP contribution in [-0.4, -0.2) is 61.5 Å². The average Bonchev–Trinajstić information content (AvgIpc) is 3.32. The normalized spacial score (nSPS) is 24.1. The molecule has 0 bridgehead atoms. The lowest BCUT2D eigenvalue weighted by molar-refractivity contribution is -0.141. The highest BCUT2D eigenvalue weighted by molar-refractivity contribution is 7.80. The van der Waals surface area contributed by atoms with E-state index < -0.39 is 6.10 Å². The maximum atomic E-state index is 12.3. The van der Waals surface area contributed by atoms with E-state index in [1.807, 2.05) is 24.2 Å². The van der Waals surface area contributed by atoms with Gasteiger partial charge in [-0.1, -0.05) is 23.7 Å². The lowest BCUT2D eigenvalue weighted by Gasteiger charge is -2.22. The Morgan fingerprint density at radius 2 is 2.06 bits per heavy atom. The van der Waals surface area contributed by atoms with E-state index in [1.165, 1.54) is 5.56 Å². The molecule has 4 atom stereocenters. The van der Waals surface area contributed by atoms with E-state index in [4.69, 9.17) is 16.4 Å². The third kappa shape index (κ3) is 5.16. The number of carbonyl (C=O) groups is 1. The summed E-state index contributed by atoms with van der Waals surface area (Å²) in [5.74, 6) is 0.130. The summed E-state index contributed by atoms with van der Waals surface area (Å²) in [6.45, 7) is 2.28. The van der Waals surface area contributed by atoms with Crippen molar-refractivity contribution >= 4 is 35.8 Å². The number of aliphatic hydroxyl groups is 1. The number of hydroxylamine groups is 2. The summed E-state index contributed by atoms with van der Waals surface area (Å²) >= 11 is 10.2. The zero-order valence-corrected chi connectivity index (χ0v) is 18.9. The van der Waals surface area contributed by atoms with Crippen LogP contribution in [0.3, 0.4) is 0 Å². The van der Waals surface area contributed by atoms with Crippen LogP contribution < -0.4 is 16.0 Å². The van der Waals surface area contributed by atoms with Crippen molar-refractivity contribution in [3.05, 3.63) is 58.6 Å². The molecule has 4 rings (SSSR count). The van der Waals surface area contributed by atoms with E-state index in [0.29, 0.717) is 27.9 Å². The summed E-state index contributed by atoms with van der Waals surface area (Å²) in [5, 5.41) is 22.0. The topological polar surface area (TPSA) is 85.9 Å². The van der Waals surface area contributed by atoms with E-state index in [9.17, 15) is 9.90 Å². The maximum Gasteiger partial charge on any atom is 0.252 e. The van der Waals surface area contributed by atoms with Gasteiger partial charge in [-0.25, -0.2) is 0 Å². The molecule has 2 aliphatic rings. The molecule has 2 saturated heterocycles. The molecule has 2 aromatic rings. The van der Waals surface area contributed by atoms with Crippen molar-refractivity contribution in [1.82, 2.24) is 15.7 Å². The minimum Gasteiger partial charge on any atom is -0.389 e. The lowest BCUT2D eigenvalue weighted by Crippen LogP contribution is -2.36. The zero-order chi connectivity index (χ0) is 22.0. The van der Waals surface area contributed by atoms with Gasteiger partial charge >= 0.3 is 0 Å². The van der Waals surface area contributed by atoms with Crippen molar-refractivity contribution in [2.45, 2.75) is 23.1 Å². The number of carbonyl (C=O) groups excluding carboxylic acids is 1. The first kappa shape index (κ1) is 22.4. The highest BCUT2D eigenvalue weighted by Crippen LogP contribution is 2.39. The molecule has 4 N–H and O–H groups in total. The molecule has 31 heavy (non-hydrogen) atoms. The van der Waals surface area contributed by atoms with Crippen molar-refractivity contribution in [1.29, 1.82) is 0 Å². The Kier molecular flexibility index (Phi) is 7.05. The zero-order valence-electron chi connectivity index (χ0n) is 17.2. The number of thiol groups is 1. The SMILES string of the molecule is CN1OC2CNCC2C1c1ccc(NCC(O)CNC(=O)c2cc(Cl)ccc2S)cc1. The summed E-state index contributed by atoms with van der Waals surface area (Å²) in [7, 11) is 1.99. The minimum absolute atomic E-state index is 0.115. The first-order valence-electron chi connectivity index (χ1n) is 10.3. The van der Waals surface area contributed by atoms with Gasteiger partial charge in [-0.05, 0) is 35.9 Å². The van der Waals surface area contributed by atoms with Gasteiger partial charge in [0.1, 0.15) is 0 Å². The maximum absolute atomic E-state index is 12.3. The summed E-state index contributed by atoms with van der Waals surface area (Å²) in [6.07, 6.45) is -0.505. The fourth-order valence-corrected chi connectivity index (χ4v) is 4.63. The minimum atomic E-state index is -0.745. The van der Waals surface area contributed by atoms with Crippen LogP contribution >= 0.6 is 24.2 Å². The Bertz CT molecular complexity index is 929. The van der Waals surface area contributed by atoms with Crippen molar-refractivity contribution in [2.75, 3.05) is 38.5 Å². The predicted molar refractivity (Wildman–Crippen MR) is 124 cm³/mol. The third-order valence-electron chi connectivity index (χ3n) is 5.80. The van der Waals surface area contributed by atoms with Crippen molar-refractivity contribution in [3.8, 4) is 0 Å². The molecule has 2 aromatic carbocycles. The van der Waals surface area contributed by atoms with E-state index in [1.54, 1.807) is 18.2 Å². The van der Waals surface area contributed by atoms with Crippen LogP contribution in [0.1, 0.15) is 22.0 Å². The number of rotatable bonds is 7. The quantitative estimate of drug-likeness (QED) is 0.406. The van der Waals surface area contributed by atoms with Gasteiger partial charge < -0.3 is 21.1 Å². The molecule has 0 radical (unpaired) electrons. The van der Waals surface area contributed by atoms with Gasteiger partial charge in [-0.3, -0.25) is 9.63 Å². The molecule has 0 aliphatic carbocycles. The fourth-order valence-electron chi connectivity index (χ4n) is 4.21. The summed E-state index contributed by atoms with van der Waals surface area (Å²) in [4.78, 5) is 18.8. The second-order valence-corrected chi connectivity index (χ2v) is 8.90. The number of nitrogens with zero attached hydrogens (tertiary/aromatic N) is 1. The Morgan fingerprint density at radius 3 is 2.84 bits per heavy atom. The molecule has 0 spiro atoms.